The molecule has 0 unspecified atom stereocenters. The molecule has 2 N–H and O–H groups in total. The third-order valence-corrected chi connectivity index (χ3v) is 3.10. The highest BCUT2D eigenvalue weighted by atomic mass is 35.5. The van der Waals surface area contributed by atoms with Crippen LogP contribution in [0.2, 0.25) is 5.02 Å². The van der Waals surface area contributed by atoms with Crippen LogP contribution in [0.1, 0.15) is 17.3 Å². The summed E-state index contributed by atoms with van der Waals surface area (Å²) < 4.78 is 4.93. The second kappa shape index (κ2) is 8.12. The number of benzene rings is 2. The zero-order valence-electron chi connectivity index (χ0n) is 12.8. The van der Waals surface area contributed by atoms with Crippen molar-refractivity contribution >= 4 is 40.8 Å². The summed E-state index contributed by atoms with van der Waals surface area (Å²) in [7, 11) is 0. The molecular weight excluding hydrogens is 332 g/mol. The van der Waals surface area contributed by atoms with Gasteiger partial charge < -0.3 is 15.4 Å². The maximum absolute atomic E-state index is 11.8. The molecule has 24 heavy (non-hydrogen) atoms. The third kappa shape index (κ3) is 5.40. The number of esters is 1. The van der Waals surface area contributed by atoms with Crippen molar-refractivity contribution in [2.24, 2.45) is 0 Å². The molecule has 0 bridgehead atoms. The molecule has 0 aliphatic heterocycles. The van der Waals surface area contributed by atoms with Gasteiger partial charge in [0.1, 0.15) is 0 Å². The van der Waals surface area contributed by atoms with E-state index in [1.807, 2.05) is 0 Å². The largest absolute Gasteiger partial charge is 0.452 e. The van der Waals surface area contributed by atoms with E-state index in [1.165, 1.54) is 13.0 Å². The van der Waals surface area contributed by atoms with Crippen molar-refractivity contribution in [3.05, 3.63) is 59.1 Å². The van der Waals surface area contributed by atoms with Crippen molar-refractivity contribution in [3.63, 3.8) is 0 Å². The van der Waals surface area contributed by atoms with Crippen LogP contribution >= 0.6 is 11.6 Å². The summed E-state index contributed by atoms with van der Waals surface area (Å²) >= 11 is 5.79. The Morgan fingerprint density at radius 3 is 2.33 bits per heavy atom. The van der Waals surface area contributed by atoms with Crippen molar-refractivity contribution in [2.75, 3.05) is 17.2 Å². The number of halogens is 1. The number of anilines is 2. The van der Waals surface area contributed by atoms with Gasteiger partial charge in [-0.15, -0.1) is 0 Å². The fraction of sp³-hybridized carbons (Fsp3) is 0.118. The van der Waals surface area contributed by atoms with Crippen molar-refractivity contribution in [1.29, 1.82) is 0 Å². The minimum absolute atomic E-state index is 0.214. The Morgan fingerprint density at radius 2 is 1.67 bits per heavy atom. The summed E-state index contributed by atoms with van der Waals surface area (Å²) in [5.74, 6) is -1.35. The summed E-state index contributed by atoms with van der Waals surface area (Å²) in [6.45, 7) is 0.955. The Labute approximate surface area is 143 Å². The Hall–Kier alpha value is -2.86. The van der Waals surface area contributed by atoms with Gasteiger partial charge in [-0.1, -0.05) is 23.7 Å². The van der Waals surface area contributed by atoms with Crippen molar-refractivity contribution in [1.82, 2.24) is 0 Å². The van der Waals surface area contributed by atoms with Gasteiger partial charge in [0, 0.05) is 23.3 Å². The number of hydrogen-bond acceptors (Lipinski definition) is 4. The zero-order valence-corrected chi connectivity index (χ0v) is 13.6. The first-order valence-electron chi connectivity index (χ1n) is 7.04. The fourth-order valence-corrected chi connectivity index (χ4v) is 2.10. The van der Waals surface area contributed by atoms with Crippen LogP contribution in [-0.4, -0.2) is 24.4 Å². The summed E-state index contributed by atoms with van der Waals surface area (Å²) in [4.78, 5) is 34.7. The normalized spacial score (nSPS) is 9.92. The van der Waals surface area contributed by atoms with E-state index in [0.717, 1.165) is 0 Å². The average Bonchev–Trinajstić information content (AvgIpc) is 2.52. The molecule has 0 saturated heterocycles. The van der Waals surface area contributed by atoms with Crippen LogP contribution in [0, 0.1) is 0 Å². The zero-order chi connectivity index (χ0) is 17.5. The van der Waals surface area contributed by atoms with Crippen LogP contribution in [0.4, 0.5) is 11.4 Å². The molecule has 2 aromatic rings. The Morgan fingerprint density at radius 1 is 1.00 bits per heavy atom. The lowest BCUT2D eigenvalue weighted by molar-refractivity contribution is -0.119. The second-order valence-corrected chi connectivity index (χ2v) is 5.33. The number of carbonyl (C=O) groups excluding carboxylic acids is 3. The number of rotatable bonds is 5. The van der Waals surface area contributed by atoms with E-state index < -0.39 is 18.5 Å². The highest BCUT2D eigenvalue weighted by molar-refractivity contribution is 6.30. The number of amides is 2. The van der Waals surface area contributed by atoms with E-state index in [2.05, 4.69) is 10.6 Å². The predicted molar refractivity (Wildman–Crippen MR) is 91.1 cm³/mol. The average molecular weight is 347 g/mol. The Balaban J connectivity index is 1.89. The standard InChI is InChI=1S/C17H15ClN2O4/c1-11(21)19-14-6-3-7-15(9-14)20-16(22)10-24-17(23)12-4-2-5-13(18)8-12/h2-9H,10H2,1H3,(H,19,21)(H,20,22). The highest BCUT2D eigenvalue weighted by Crippen LogP contribution is 2.15. The molecule has 2 aromatic carbocycles. The topological polar surface area (TPSA) is 84.5 Å². The first-order valence-corrected chi connectivity index (χ1v) is 7.42. The lowest BCUT2D eigenvalue weighted by Gasteiger charge is -2.08. The lowest BCUT2D eigenvalue weighted by atomic mass is 10.2. The van der Waals surface area contributed by atoms with Crippen LogP contribution in [0.5, 0.6) is 0 Å². The molecule has 0 atom stereocenters. The van der Waals surface area contributed by atoms with Gasteiger partial charge >= 0.3 is 5.97 Å². The van der Waals surface area contributed by atoms with Crippen LogP contribution in [0.25, 0.3) is 0 Å². The molecule has 6 nitrogen and oxygen atoms in total. The van der Waals surface area contributed by atoms with E-state index in [-0.39, 0.29) is 11.5 Å². The second-order valence-electron chi connectivity index (χ2n) is 4.90. The smallest absolute Gasteiger partial charge is 0.338 e. The van der Waals surface area contributed by atoms with Gasteiger partial charge in [0.25, 0.3) is 5.91 Å². The summed E-state index contributed by atoms with van der Waals surface area (Å²) in [5, 5.41) is 5.59. The molecule has 0 saturated carbocycles. The van der Waals surface area contributed by atoms with Crippen LogP contribution in [0.3, 0.4) is 0 Å². The van der Waals surface area contributed by atoms with Gasteiger partial charge in [0.15, 0.2) is 6.61 Å². The first-order chi connectivity index (χ1) is 11.4. The molecule has 0 heterocycles. The molecular formula is C17H15ClN2O4. The predicted octanol–water partition coefficient (Wildman–Crippen LogP) is 3.09. The molecule has 0 radical (unpaired) electrons. The van der Waals surface area contributed by atoms with Crippen LogP contribution < -0.4 is 10.6 Å². The van der Waals surface area contributed by atoms with Crippen molar-refractivity contribution < 1.29 is 19.1 Å². The van der Waals surface area contributed by atoms with Crippen LogP contribution in [-0.2, 0) is 14.3 Å². The quantitative estimate of drug-likeness (QED) is 0.815. The van der Waals surface area contributed by atoms with Gasteiger partial charge in [-0.3, -0.25) is 9.59 Å². The fourth-order valence-electron chi connectivity index (χ4n) is 1.90. The van der Waals surface area contributed by atoms with E-state index >= 15 is 0 Å². The summed E-state index contributed by atoms with van der Waals surface area (Å²) in [5.41, 5.74) is 1.30. The molecule has 2 amide bonds. The molecule has 2 rings (SSSR count). The molecule has 0 spiro atoms. The maximum atomic E-state index is 11.8. The van der Waals surface area contributed by atoms with Crippen LogP contribution in [0.15, 0.2) is 48.5 Å². The van der Waals surface area contributed by atoms with E-state index in [4.69, 9.17) is 16.3 Å². The van der Waals surface area contributed by atoms with Gasteiger partial charge in [0.2, 0.25) is 5.91 Å². The third-order valence-electron chi connectivity index (χ3n) is 2.86. The van der Waals surface area contributed by atoms with Gasteiger partial charge in [-0.2, -0.15) is 0 Å². The monoisotopic (exact) mass is 346 g/mol. The number of carbonyl (C=O) groups is 3. The van der Waals surface area contributed by atoms with E-state index in [1.54, 1.807) is 42.5 Å². The molecule has 0 aliphatic carbocycles. The van der Waals surface area contributed by atoms with Gasteiger partial charge in [0.05, 0.1) is 5.56 Å². The molecule has 7 heteroatoms. The van der Waals surface area contributed by atoms with Crippen molar-refractivity contribution in [2.45, 2.75) is 6.92 Å². The van der Waals surface area contributed by atoms with E-state index in [0.29, 0.717) is 16.4 Å². The molecule has 0 aromatic heterocycles. The van der Waals surface area contributed by atoms with Gasteiger partial charge in [-0.05, 0) is 36.4 Å². The minimum Gasteiger partial charge on any atom is -0.452 e. The first kappa shape index (κ1) is 17.5. The SMILES string of the molecule is CC(=O)Nc1cccc(NC(=O)COC(=O)c2cccc(Cl)c2)c1. The van der Waals surface area contributed by atoms with Gasteiger partial charge in [-0.25, -0.2) is 4.79 Å². The minimum atomic E-state index is -0.639. The number of hydrogen-bond donors (Lipinski definition) is 2. The molecule has 0 aliphatic rings. The van der Waals surface area contributed by atoms with Crippen molar-refractivity contribution in [3.8, 4) is 0 Å². The number of ether oxygens (including phenoxy) is 1. The Kier molecular flexibility index (Phi) is 5.92. The summed E-state index contributed by atoms with van der Waals surface area (Å²) in [6, 6.07) is 12.9. The lowest BCUT2D eigenvalue weighted by Crippen LogP contribution is -2.21. The Bertz CT molecular complexity index is 777. The molecule has 0 fully saturated rings. The summed E-state index contributed by atoms with van der Waals surface area (Å²) in [6.07, 6.45) is 0. The van der Waals surface area contributed by atoms with E-state index in [9.17, 15) is 14.4 Å². The molecule has 124 valence electrons. The number of nitrogens with one attached hydrogen (secondary N) is 2. The maximum Gasteiger partial charge on any atom is 0.338 e. The highest BCUT2D eigenvalue weighted by Gasteiger charge is 2.11.